The molecule has 0 spiro atoms. The molecule has 0 saturated carbocycles. The molecule has 3 nitrogen and oxygen atoms in total. The standard InChI is InChI=1S/C18H32N2O/c1-5-18(21)16-10-12-17(13-11-16)20(8-4)15-9-14-19(6-2)7-3/h10-13,18,21H,5-9,14-15H2,1-4H3/t18-/m1/s1. The van der Waals surface area contributed by atoms with E-state index in [-0.39, 0.29) is 6.10 Å². The Balaban J connectivity index is 2.55. The van der Waals surface area contributed by atoms with Crippen molar-refractivity contribution in [1.82, 2.24) is 4.90 Å². The van der Waals surface area contributed by atoms with Crippen LogP contribution in [0.4, 0.5) is 5.69 Å². The largest absolute Gasteiger partial charge is 0.388 e. The first-order valence-corrected chi connectivity index (χ1v) is 8.41. The van der Waals surface area contributed by atoms with Gasteiger partial charge in [0.25, 0.3) is 0 Å². The fourth-order valence-corrected chi connectivity index (χ4v) is 2.64. The number of aliphatic hydroxyl groups is 1. The van der Waals surface area contributed by atoms with E-state index in [0.717, 1.165) is 44.7 Å². The van der Waals surface area contributed by atoms with Gasteiger partial charge >= 0.3 is 0 Å². The molecule has 3 heteroatoms. The molecule has 0 radical (unpaired) electrons. The van der Waals surface area contributed by atoms with Gasteiger partial charge in [-0.2, -0.15) is 0 Å². The van der Waals surface area contributed by atoms with Crippen molar-refractivity contribution >= 4 is 5.69 Å². The highest BCUT2D eigenvalue weighted by Crippen LogP contribution is 2.21. The lowest BCUT2D eigenvalue weighted by molar-refractivity contribution is 0.173. The molecule has 1 aromatic carbocycles. The smallest absolute Gasteiger partial charge is 0.0787 e. The van der Waals surface area contributed by atoms with Crippen molar-refractivity contribution in [2.75, 3.05) is 37.6 Å². The molecule has 0 amide bonds. The predicted molar refractivity (Wildman–Crippen MR) is 92.0 cm³/mol. The maximum atomic E-state index is 9.85. The molecule has 0 bridgehead atoms. The van der Waals surface area contributed by atoms with E-state index in [0.29, 0.717) is 0 Å². The van der Waals surface area contributed by atoms with Crippen molar-refractivity contribution in [3.8, 4) is 0 Å². The Kier molecular flexibility index (Phi) is 8.40. The van der Waals surface area contributed by atoms with Crippen LogP contribution in [0, 0.1) is 0 Å². The number of aliphatic hydroxyl groups excluding tert-OH is 1. The average Bonchev–Trinajstić information content (AvgIpc) is 2.55. The molecule has 0 heterocycles. The van der Waals surface area contributed by atoms with E-state index in [4.69, 9.17) is 0 Å². The number of nitrogens with zero attached hydrogens (tertiary/aromatic N) is 2. The van der Waals surface area contributed by atoms with Crippen LogP contribution in [0.3, 0.4) is 0 Å². The molecule has 120 valence electrons. The molecule has 1 atom stereocenters. The second kappa shape index (κ2) is 9.80. The second-order valence-corrected chi connectivity index (χ2v) is 5.48. The van der Waals surface area contributed by atoms with Crippen LogP contribution in [-0.2, 0) is 0 Å². The van der Waals surface area contributed by atoms with Crippen LogP contribution in [0.25, 0.3) is 0 Å². The van der Waals surface area contributed by atoms with Crippen molar-refractivity contribution in [3.05, 3.63) is 29.8 Å². The van der Waals surface area contributed by atoms with Gasteiger partial charge < -0.3 is 14.9 Å². The van der Waals surface area contributed by atoms with Crippen LogP contribution in [0.15, 0.2) is 24.3 Å². The summed E-state index contributed by atoms with van der Waals surface area (Å²) in [4.78, 5) is 4.88. The van der Waals surface area contributed by atoms with Crippen LogP contribution < -0.4 is 4.90 Å². The molecule has 21 heavy (non-hydrogen) atoms. The molecule has 1 aromatic rings. The number of anilines is 1. The summed E-state index contributed by atoms with van der Waals surface area (Å²) in [5, 5.41) is 9.85. The van der Waals surface area contributed by atoms with E-state index in [1.54, 1.807) is 0 Å². The van der Waals surface area contributed by atoms with Gasteiger partial charge in [0.15, 0.2) is 0 Å². The van der Waals surface area contributed by atoms with Crippen molar-refractivity contribution in [2.45, 2.75) is 46.6 Å². The van der Waals surface area contributed by atoms with E-state index in [9.17, 15) is 5.11 Å². The summed E-state index contributed by atoms with van der Waals surface area (Å²) in [7, 11) is 0. The van der Waals surface area contributed by atoms with Crippen LogP contribution in [0.5, 0.6) is 0 Å². The highest BCUT2D eigenvalue weighted by atomic mass is 16.3. The van der Waals surface area contributed by atoms with Gasteiger partial charge in [-0.15, -0.1) is 0 Å². The predicted octanol–water partition coefficient (Wildman–Crippen LogP) is 3.69. The monoisotopic (exact) mass is 292 g/mol. The van der Waals surface area contributed by atoms with Gasteiger partial charge in [-0.05, 0) is 57.1 Å². The molecule has 1 rings (SSSR count). The van der Waals surface area contributed by atoms with Gasteiger partial charge in [0.2, 0.25) is 0 Å². The molecule has 0 unspecified atom stereocenters. The van der Waals surface area contributed by atoms with E-state index in [2.05, 4.69) is 54.8 Å². The molecular weight excluding hydrogens is 260 g/mol. The Morgan fingerprint density at radius 3 is 2.00 bits per heavy atom. The third-order valence-corrected chi connectivity index (χ3v) is 4.21. The Bertz CT molecular complexity index is 373. The molecule has 0 aromatic heterocycles. The van der Waals surface area contributed by atoms with Gasteiger partial charge in [0.05, 0.1) is 6.10 Å². The molecule has 1 N–H and O–H groups in total. The lowest BCUT2D eigenvalue weighted by Crippen LogP contribution is -2.29. The first kappa shape index (κ1) is 18.0. The van der Waals surface area contributed by atoms with Gasteiger partial charge in [-0.1, -0.05) is 32.9 Å². The summed E-state index contributed by atoms with van der Waals surface area (Å²) < 4.78 is 0. The summed E-state index contributed by atoms with van der Waals surface area (Å²) in [5.41, 5.74) is 2.27. The van der Waals surface area contributed by atoms with Crippen LogP contribution in [0.1, 0.15) is 52.2 Å². The summed E-state index contributed by atoms with van der Waals surface area (Å²) in [5.74, 6) is 0. The Morgan fingerprint density at radius 2 is 1.52 bits per heavy atom. The van der Waals surface area contributed by atoms with Gasteiger partial charge in [-0.25, -0.2) is 0 Å². The summed E-state index contributed by atoms with van der Waals surface area (Å²) in [6.07, 6.45) is 1.62. The lowest BCUT2D eigenvalue weighted by atomic mass is 10.1. The molecule has 0 aliphatic heterocycles. The minimum absolute atomic E-state index is 0.336. The zero-order valence-electron chi connectivity index (χ0n) is 14.2. The molecular formula is C18H32N2O. The number of rotatable bonds is 10. The highest BCUT2D eigenvalue weighted by Gasteiger charge is 2.08. The topological polar surface area (TPSA) is 26.7 Å². The lowest BCUT2D eigenvalue weighted by Gasteiger charge is -2.25. The number of benzene rings is 1. The summed E-state index contributed by atoms with van der Waals surface area (Å²) in [6.45, 7) is 14.2. The number of hydrogen-bond acceptors (Lipinski definition) is 3. The fourth-order valence-electron chi connectivity index (χ4n) is 2.64. The van der Waals surface area contributed by atoms with Crippen LogP contribution in [-0.4, -0.2) is 42.7 Å². The van der Waals surface area contributed by atoms with Gasteiger partial charge in [-0.3, -0.25) is 0 Å². The second-order valence-electron chi connectivity index (χ2n) is 5.48. The Hall–Kier alpha value is -1.06. The maximum Gasteiger partial charge on any atom is 0.0787 e. The third-order valence-electron chi connectivity index (χ3n) is 4.21. The van der Waals surface area contributed by atoms with E-state index >= 15 is 0 Å². The highest BCUT2D eigenvalue weighted by molar-refractivity contribution is 5.47. The van der Waals surface area contributed by atoms with Crippen LogP contribution >= 0.6 is 0 Å². The zero-order valence-corrected chi connectivity index (χ0v) is 14.2. The Morgan fingerprint density at radius 1 is 0.905 bits per heavy atom. The summed E-state index contributed by atoms with van der Waals surface area (Å²) >= 11 is 0. The third kappa shape index (κ3) is 5.68. The molecule has 0 saturated heterocycles. The molecule has 0 aliphatic carbocycles. The quantitative estimate of drug-likeness (QED) is 0.712. The first-order chi connectivity index (χ1) is 10.2. The van der Waals surface area contributed by atoms with Crippen LogP contribution in [0.2, 0.25) is 0 Å². The van der Waals surface area contributed by atoms with Crippen molar-refractivity contribution in [3.63, 3.8) is 0 Å². The minimum atomic E-state index is -0.336. The van der Waals surface area contributed by atoms with Crippen molar-refractivity contribution in [1.29, 1.82) is 0 Å². The zero-order chi connectivity index (χ0) is 15.7. The van der Waals surface area contributed by atoms with E-state index in [1.165, 1.54) is 12.1 Å². The first-order valence-electron chi connectivity index (χ1n) is 8.41. The normalized spacial score (nSPS) is 12.7. The van der Waals surface area contributed by atoms with E-state index < -0.39 is 0 Å². The molecule has 0 aliphatic rings. The average molecular weight is 292 g/mol. The summed E-state index contributed by atoms with van der Waals surface area (Å²) in [6, 6.07) is 8.37. The fraction of sp³-hybridized carbons (Fsp3) is 0.667. The maximum absolute atomic E-state index is 9.85. The number of hydrogen-bond donors (Lipinski definition) is 1. The molecule has 0 fully saturated rings. The van der Waals surface area contributed by atoms with Crippen molar-refractivity contribution < 1.29 is 5.11 Å². The van der Waals surface area contributed by atoms with Crippen molar-refractivity contribution in [2.24, 2.45) is 0 Å². The van der Waals surface area contributed by atoms with E-state index in [1.807, 2.05) is 6.92 Å². The minimum Gasteiger partial charge on any atom is -0.388 e. The Labute approximate surface area is 130 Å². The van der Waals surface area contributed by atoms with Gasteiger partial charge in [0, 0.05) is 18.8 Å². The SMILES string of the molecule is CC[C@@H](O)c1ccc(N(CC)CCCN(CC)CC)cc1. The van der Waals surface area contributed by atoms with Gasteiger partial charge in [0.1, 0.15) is 0 Å².